The van der Waals surface area contributed by atoms with Crippen LogP contribution in [0, 0.1) is 5.92 Å². The average Bonchev–Trinajstić information content (AvgIpc) is 3.03. The summed E-state index contributed by atoms with van der Waals surface area (Å²) in [5.74, 6) is -0.507. The zero-order valence-corrected chi connectivity index (χ0v) is 13.4. The maximum absolute atomic E-state index is 13.3. The van der Waals surface area contributed by atoms with Gasteiger partial charge < -0.3 is 14.4 Å². The van der Waals surface area contributed by atoms with Crippen molar-refractivity contribution in [3.63, 3.8) is 0 Å². The molecule has 1 atom stereocenters. The first-order valence-electron chi connectivity index (χ1n) is 8.08. The Morgan fingerprint density at radius 3 is 2.76 bits per heavy atom. The number of benzene rings is 1. The van der Waals surface area contributed by atoms with Crippen LogP contribution in [0.4, 0.5) is 8.78 Å². The van der Waals surface area contributed by atoms with Crippen molar-refractivity contribution in [1.82, 2.24) is 14.7 Å². The van der Waals surface area contributed by atoms with Gasteiger partial charge in [0, 0.05) is 13.1 Å². The maximum Gasteiger partial charge on any atom is 0.362 e. The highest BCUT2D eigenvalue weighted by atomic mass is 19.3. The number of para-hydroxylation sites is 1. The summed E-state index contributed by atoms with van der Waals surface area (Å²) in [4.78, 5) is 14.0. The average molecular weight is 349 g/mol. The molecule has 1 aromatic carbocycles. The van der Waals surface area contributed by atoms with Gasteiger partial charge in [0.2, 0.25) is 0 Å². The lowest BCUT2D eigenvalue weighted by atomic mass is 10.0. The van der Waals surface area contributed by atoms with Crippen molar-refractivity contribution in [2.75, 3.05) is 19.7 Å². The van der Waals surface area contributed by atoms with Gasteiger partial charge in [-0.25, -0.2) is 0 Å². The number of ether oxygens (including phenoxy) is 2. The number of hydrogen-bond donors (Lipinski definition) is 0. The van der Waals surface area contributed by atoms with Gasteiger partial charge in [-0.05, 0) is 18.2 Å². The highest BCUT2D eigenvalue weighted by Gasteiger charge is 2.51. The van der Waals surface area contributed by atoms with Crippen LogP contribution in [0.5, 0.6) is 5.75 Å². The number of fused-ring (bicyclic) bond motifs is 1. The van der Waals surface area contributed by atoms with Crippen molar-refractivity contribution in [3.8, 4) is 5.75 Å². The number of amides is 1. The first-order valence-corrected chi connectivity index (χ1v) is 8.08. The minimum absolute atomic E-state index is 0.00708. The molecule has 1 saturated heterocycles. The quantitative estimate of drug-likeness (QED) is 0.830. The summed E-state index contributed by atoms with van der Waals surface area (Å²) in [6, 6.07) is 11.0. The van der Waals surface area contributed by atoms with Crippen LogP contribution in [0.15, 0.2) is 36.4 Å². The molecule has 6 nitrogen and oxygen atoms in total. The molecule has 2 aromatic rings. The second kappa shape index (κ2) is 6.11. The smallest absolute Gasteiger partial charge is 0.362 e. The predicted molar refractivity (Wildman–Crippen MR) is 83.3 cm³/mol. The van der Waals surface area contributed by atoms with E-state index >= 15 is 0 Å². The number of alkyl halides is 2. The van der Waals surface area contributed by atoms with Crippen LogP contribution in [-0.2, 0) is 17.9 Å². The number of halogens is 2. The molecule has 2 aliphatic heterocycles. The highest BCUT2D eigenvalue weighted by molar-refractivity contribution is 5.93. The van der Waals surface area contributed by atoms with Crippen LogP contribution in [0.1, 0.15) is 16.2 Å². The summed E-state index contributed by atoms with van der Waals surface area (Å²) < 4.78 is 38.0. The lowest BCUT2D eigenvalue weighted by Crippen LogP contribution is -2.54. The van der Waals surface area contributed by atoms with Crippen molar-refractivity contribution in [3.05, 3.63) is 47.8 Å². The minimum atomic E-state index is -3.13. The van der Waals surface area contributed by atoms with Gasteiger partial charge in [0.05, 0.1) is 19.1 Å². The summed E-state index contributed by atoms with van der Waals surface area (Å²) in [6.45, 7) is 1.05. The van der Waals surface area contributed by atoms with Crippen molar-refractivity contribution in [2.45, 2.75) is 19.3 Å². The second-order valence-electron chi connectivity index (χ2n) is 6.17. The third kappa shape index (κ3) is 3.09. The number of hydrogen-bond acceptors (Lipinski definition) is 4. The largest absolute Gasteiger partial charge is 0.487 e. The molecule has 0 bridgehead atoms. The van der Waals surface area contributed by atoms with Gasteiger partial charge in [-0.1, -0.05) is 18.2 Å². The van der Waals surface area contributed by atoms with Gasteiger partial charge in [-0.15, -0.1) is 0 Å². The molecule has 1 fully saturated rings. The van der Waals surface area contributed by atoms with E-state index in [9.17, 15) is 13.6 Å². The van der Waals surface area contributed by atoms with Crippen LogP contribution in [0.25, 0.3) is 0 Å². The number of aromatic nitrogens is 2. The Labute approximate surface area is 142 Å². The Balaban J connectivity index is 1.42. The predicted octanol–water partition coefficient (Wildman–Crippen LogP) is 2.16. The maximum atomic E-state index is 13.3. The van der Waals surface area contributed by atoms with Crippen molar-refractivity contribution >= 4 is 5.91 Å². The van der Waals surface area contributed by atoms with E-state index in [0.29, 0.717) is 30.2 Å². The first-order chi connectivity index (χ1) is 12.0. The van der Waals surface area contributed by atoms with E-state index in [1.165, 1.54) is 4.90 Å². The van der Waals surface area contributed by atoms with E-state index in [0.717, 1.165) is 0 Å². The topological polar surface area (TPSA) is 56.6 Å². The normalized spacial score (nSPS) is 21.6. The second-order valence-corrected chi connectivity index (χ2v) is 6.17. The zero-order chi connectivity index (χ0) is 17.4. The van der Waals surface area contributed by atoms with E-state index in [4.69, 9.17) is 4.74 Å². The Morgan fingerprint density at radius 2 is 2.08 bits per heavy atom. The zero-order valence-electron chi connectivity index (χ0n) is 13.4. The fourth-order valence-electron chi connectivity index (χ4n) is 2.96. The molecule has 4 rings (SSSR count). The van der Waals surface area contributed by atoms with Crippen molar-refractivity contribution in [1.29, 1.82) is 0 Å². The van der Waals surface area contributed by atoms with E-state index < -0.39 is 12.0 Å². The van der Waals surface area contributed by atoms with Crippen molar-refractivity contribution < 1.29 is 23.0 Å². The summed E-state index contributed by atoms with van der Waals surface area (Å²) in [5, 5.41) is 4.36. The Bertz CT molecular complexity index is 779. The van der Waals surface area contributed by atoms with E-state index in [1.807, 2.05) is 30.3 Å². The number of rotatable bonds is 5. The fourth-order valence-corrected chi connectivity index (χ4v) is 2.96. The minimum Gasteiger partial charge on any atom is -0.487 e. The summed E-state index contributed by atoms with van der Waals surface area (Å²) in [7, 11) is 0. The molecule has 2 aliphatic rings. The molecule has 0 spiro atoms. The van der Waals surface area contributed by atoms with Gasteiger partial charge in [0.25, 0.3) is 5.91 Å². The number of nitrogens with zero attached hydrogens (tertiary/aromatic N) is 3. The Hall–Kier alpha value is -2.48. The Kier molecular flexibility index (Phi) is 3.91. The van der Waals surface area contributed by atoms with Crippen molar-refractivity contribution in [2.24, 2.45) is 5.92 Å². The van der Waals surface area contributed by atoms with Crippen LogP contribution in [0.3, 0.4) is 0 Å². The van der Waals surface area contributed by atoms with Gasteiger partial charge >= 0.3 is 6.11 Å². The van der Waals surface area contributed by atoms with E-state index in [2.05, 4.69) is 9.84 Å². The molecule has 1 amide bonds. The summed E-state index contributed by atoms with van der Waals surface area (Å²) >= 11 is 0. The number of carbonyl (C=O) groups excluding carboxylic acids is 1. The molecule has 3 heterocycles. The highest BCUT2D eigenvalue weighted by Crippen LogP contribution is 2.36. The van der Waals surface area contributed by atoms with E-state index in [1.54, 1.807) is 10.7 Å². The first kappa shape index (κ1) is 16.0. The molecule has 132 valence electrons. The molecule has 8 heteroatoms. The SMILES string of the molecule is O=C1c2cc(COc3ccccc3)nn2CCN1C[C@H]1COC1(F)F. The molecule has 0 aliphatic carbocycles. The van der Waals surface area contributed by atoms with Gasteiger partial charge in [0.1, 0.15) is 23.7 Å². The molecular formula is C17H17F2N3O3. The monoisotopic (exact) mass is 349 g/mol. The summed E-state index contributed by atoms with van der Waals surface area (Å²) in [5.41, 5.74) is 1.04. The third-order valence-corrected chi connectivity index (χ3v) is 4.44. The number of carbonyl (C=O) groups is 1. The molecular weight excluding hydrogens is 332 g/mol. The molecule has 0 radical (unpaired) electrons. The fraction of sp³-hybridized carbons (Fsp3) is 0.412. The molecule has 0 saturated carbocycles. The third-order valence-electron chi connectivity index (χ3n) is 4.44. The summed E-state index contributed by atoms with van der Waals surface area (Å²) in [6.07, 6.45) is -3.13. The van der Waals surface area contributed by atoms with Gasteiger partial charge in [-0.3, -0.25) is 9.48 Å². The lowest BCUT2D eigenvalue weighted by Gasteiger charge is -2.39. The van der Waals surface area contributed by atoms with Gasteiger partial charge in [0.15, 0.2) is 0 Å². The lowest BCUT2D eigenvalue weighted by molar-refractivity contribution is -0.358. The molecule has 1 aromatic heterocycles. The molecule has 0 N–H and O–H groups in total. The van der Waals surface area contributed by atoms with Crippen LogP contribution >= 0.6 is 0 Å². The van der Waals surface area contributed by atoms with Gasteiger partial charge in [-0.2, -0.15) is 13.9 Å². The molecule has 0 unspecified atom stereocenters. The van der Waals surface area contributed by atoms with E-state index in [-0.39, 0.29) is 25.7 Å². The van der Waals surface area contributed by atoms with Crippen LogP contribution in [0.2, 0.25) is 0 Å². The Morgan fingerprint density at radius 1 is 1.28 bits per heavy atom. The standard InChI is InChI=1S/C17H17F2N3O3/c18-17(19)12(10-25-17)9-21-6-7-22-15(16(21)23)8-13(20-22)11-24-14-4-2-1-3-5-14/h1-5,8,12H,6-7,9-11H2/t12-/m0/s1. The molecule has 25 heavy (non-hydrogen) atoms. The van der Waals surface area contributed by atoms with Crippen LogP contribution < -0.4 is 4.74 Å². The van der Waals surface area contributed by atoms with Crippen LogP contribution in [-0.4, -0.2) is 46.4 Å².